The van der Waals surface area contributed by atoms with Crippen molar-refractivity contribution in [1.29, 1.82) is 0 Å². The van der Waals surface area contributed by atoms with Crippen LogP contribution in [0.5, 0.6) is 0 Å². The standard InChI is InChI=1S/C13H16ClFN2O/c1-17(9-5-6-16-8-9)13(18)7-10-11(14)3-2-4-12(10)15/h2-4,9,16H,5-8H2,1H3/t9-/m0/s1. The molecule has 98 valence electrons. The van der Waals surface area contributed by atoms with E-state index in [0.717, 1.165) is 19.5 Å². The Balaban J connectivity index is 2.06. The molecule has 0 bridgehead atoms. The molecule has 1 saturated heterocycles. The minimum Gasteiger partial charge on any atom is -0.341 e. The predicted octanol–water partition coefficient (Wildman–Crippen LogP) is 1.84. The largest absolute Gasteiger partial charge is 0.341 e. The summed E-state index contributed by atoms with van der Waals surface area (Å²) in [5.41, 5.74) is 0.280. The van der Waals surface area contributed by atoms with Gasteiger partial charge in [-0.2, -0.15) is 0 Å². The van der Waals surface area contributed by atoms with Crippen molar-refractivity contribution < 1.29 is 9.18 Å². The number of carbonyl (C=O) groups is 1. The number of carbonyl (C=O) groups excluding carboxylic acids is 1. The second-order valence-electron chi connectivity index (χ2n) is 4.53. The second kappa shape index (κ2) is 5.67. The van der Waals surface area contributed by atoms with Crippen LogP contribution in [0.1, 0.15) is 12.0 Å². The van der Waals surface area contributed by atoms with Gasteiger partial charge in [0, 0.05) is 30.2 Å². The van der Waals surface area contributed by atoms with Crippen molar-refractivity contribution in [3.63, 3.8) is 0 Å². The normalized spacial score (nSPS) is 18.9. The average molecular weight is 271 g/mol. The molecule has 0 spiro atoms. The summed E-state index contributed by atoms with van der Waals surface area (Å²) in [6, 6.07) is 4.66. The van der Waals surface area contributed by atoms with Gasteiger partial charge in [0.15, 0.2) is 0 Å². The maximum Gasteiger partial charge on any atom is 0.227 e. The predicted molar refractivity (Wildman–Crippen MR) is 69.2 cm³/mol. The molecule has 0 aromatic heterocycles. The number of benzene rings is 1. The average Bonchev–Trinajstić information content (AvgIpc) is 2.86. The van der Waals surface area contributed by atoms with Gasteiger partial charge in [0.2, 0.25) is 5.91 Å². The lowest BCUT2D eigenvalue weighted by atomic mass is 10.1. The Hall–Kier alpha value is -1.13. The van der Waals surface area contributed by atoms with Gasteiger partial charge in [0.05, 0.1) is 6.42 Å². The Morgan fingerprint density at radius 3 is 3.00 bits per heavy atom. The molecular weight excluding hydrogens is 255 g/mol. The van der Waals surface area contributed by atoms with Gasteiger partial charge >= 0.3 is 0 Å². The van der Waals surface area contributed by atoms with Gasteiger partial charge in [-0.3, -0.25) is 4.79 Å². The molecule has 1 atom stereocenters. The van der Waals surface area contributed by atoms with E-state index < -0.39 is 5.82 Å². The van der Waals surface area contributed by atoms with E-state index in [1.165, 1.54) is 12.1 Å². The molecule has 1 fully saturated rings. The zero-order chi connectivity index (χ0) is 13.1. The van der Waals surface area contributed by atoms with E-state index in [4.69, 9.17) is 11.6 Å². The quantitative estimate of drug-likeness (QED) is 0.909. The van der Waals surface area contributed by atoms with Crippen LogP contribution in [0.3, 0.4) is 0 Å². The van der Waals surface area contributed by atoms with Crippen molar-refractivity contribution in [3.05, 3.63) is 34.6 Å². The highest BCUT2D eigenvalue weighted by Crippen LogP contribution is 2.20. The number of likely N-dealkylation sites (N-methyl/N-ethyl adjacent to an activating group) is 1. The third kappa shape index (κ3) is 2.82. The van der Waals surface area contributed by atoms with Crippen LogP contribution in [0, 0.1) is 5.82 Å². The van der Waals surface area contributed by atoms with Crippen LogP contribution in [0.4, 0.5) is 4.39 Å². The lowest BCUT2D eigenvalue weighted by Gasteiger charge is -2.24. The van der Waals surface area contributed by atoms with Crippen LogP contribution in [-0.2, 0) is 11.2 Å². The van der Waals surface area contributed by atoms with E-state index in [1.54, 1.807) is 18.0 Å². The third-order valence-corrected chi connectivity index (χ3v) is 3.72. The molecule has 0 aliphatic carbocycles. The van der Waals surface area contributed by atoms with Crippen molar-refractivity contribution >= 4 is 17.5 Å². The van der Waals surface area contributed by atoms with Crippen molar-refractivity contribution in [2.75, 3.05) is 20.1 Å². The minimum atomic E-state index is -0.422. The van der Waals surface area contributed by atoms with E-state index in [-0.39, 0.29) is 23.9 Å². The fraction of sp³-hybridized carbons (Fsp3) is 0.462. The summed E-state index contributed by atoms with van der Waals surface area (Å²) < 4.78 is 13.6. The summed E-state index contributed by atoms with van der Waals surface area (Å²) >= 11 is 5.91. The lowest BCUT2D eigenvalue weighted by Crippen LogP contribution is -2.39. The first-order valence-corrected chi connectivity index (χ1v) is 6.36. The topological polar surface area (TPSA) is 32.3 Å². The number of hydrogen-bond acceptors (Lipinski definition) is 2. The van der Waals surface area contributed by atoms with Crippen molar-refractivity contribution in [2.24, 2.45) is 0 Å². The highest BCUT2D eigenvalue weighted by Gasteiger charge is 2.24. The van der Waals surface area contributed by atoms with Gasteiger partial charge in [0.1, 0.15) is 5.82 Å². The summed E-state index contributed by atoms with van der Waals surface area (Å²) in [7, 11) is 1.76. The monoisotopic (exact) mass is 270 g/mol. The molecule has 1 N–H and O–H groups in total. The first kappa shape index (κ1) is 13.3. The van der Waals surface area contributed by atoms with E-state index in [2.05, 4.69) is 5.32 Å². The summed E-state index contributed by atoms with van der Waals surface area (Å²) in [6.07, 6.45) is 0.950. The second-order valence-corrected chi connectivity index (χ2v) is 4.94. The molecule has 1 aromatic rings. The molecule has 1 aliphatic rings. The molecule has 0 unspecified atom stereocenters. The van der Waals surface area contributed by atoms with Crippen LogP contribution in [0.15, 0.2) is 18.2 Å². The van der Waals surface area contributed by atoms with E-state index >= 15 is 0 Å². The van der Waals surface area contributed by atoms with Crippen LogP contribution >= 0.6 is 11.6 Å². The number of nitrogens with zero attached hydrogens (tertiary/aromatic N) is 1. The van der Waals surface area contributed by atoms with Crippen molar-refractivity contribution in [1.82, 2.24) is 10.2 Å². The van der Waals surface area contributed by atoms with Gasteiger partial charge in [-0.05, 0) is 25.1 Å². The molecule has 1 heterocycles. The summed E-state index contributed by atoms with van der Waals surface area (Å²) in [6.45, 7) is 1.72. The van der Waals surface area contributed by atoms with Crippen LogP contribution in [0.25, 0.3) is 0 Å². The number of rotatable bonds is 3. The van der Waals surface area contributed by atoms with E-state index in [0.29, 0.717) is 5.02 Å². The highest BCUT2D eigenvalue weighted by molar-refractivity contribution is 6.31. The van der Waals surface area contributed by atoms with Crippen LogP contribution in [0.2, 0.25) is 5.02 Å². The number of halogens is 2. The maximum atomic E-state index is 13.6. The van der Waals surface area contributed by atoms with Gasteiger partial charge in [-0.25, -0.2) is 4.39 Å². The summed E-state index contributed by atoms with van der Waals surface area (Å²) in [5.74, 6) is -0.524. The lowest BCUT2D eigenvalue weighted by molar-refractivity contribution is -0.130. The zero-order valence-electron chi connectivity index (χ0n) is 10.2. The maximum absolute atomic E-state index is 13.6. The zero-order valence-corrected chi connectivity index (χ0v) is 11.0. The molecule has 5 heteroatoms. The molecule has 2 rings (SSSR count). The number of amides is 1. The Kier molecular flexibility index (Phi) is 4.19. The Morgan fingerprint density at radius 1 is 1.61 bits per heavy atom. The van der Waals surface area contributed by atoms with Gasteiger partial charge in [0.25, 0.3) is 0 Å². The molecule has 0 radical (unpaired) electrons. The SMILES string of the molecule is CN(C(=O)Cc1c(F)cccc1Cl)[C@H]1CCNC1. The van der Waals surface area contributed by atoms with E-state index in [9.17, 15) is 9.18 Å². The van der Waals surface area contributed by atoms with E-state index in [1.807, 2.05) is 0 Å². The van der Waals surface area contributed by atoms with Gasteiger partial charge in [-0.15, -0.1) is 0 Å². The van der Waals surface area contributed by atoms with Crippen LogP contribution in [-0.4, -0.2) is 37.0 Å². The molecule has 18 heavy (non-hydrogen) atoms. The summed E-state index contributed by atoms with van der Waals surface area (Å²) in [5, 5.41) is 3.51. The number of hydrogen-bond donors (Lipinski definition) is 1. The fourth-order valence-corrected chi connectivity index (χ4v) is 2.38. The number of nitrogens with one attached hydrogen (secondary N) is 1. The van der Waals surface area contributed by atoms with Crippen LogP contribution < -0.4 is 5.32 Å². The summed E-state index contributed by atoms with van der Waals surface area (Å²) in [4.78, 5) is 13.8. The third-order valence-electron chi connectivity index (χ3n) is 3.37. The minimum absolute atomic E-state index is 0.0124. The highest BCUT2D eigenvalue weighted by atomic mass is 35.5. The Labute approximate surface area is 111 Å². The Bertz CT molecular complexity index is 426. The molecule has 1 aliphatic heterocycles. The fourth-order valence-electron chi connectivity index (χ4n) is 2.15. The molecular formula is C13H16ClFN2O. The Morgan fingerprint density at radius 2 is 2.39 bits per heavy atom. The van der Waals surface area contributed by atoms with Crippen molar-refractivity contribution in [2.45, 2.75) is 18.9 Å². The molecule has 0 saturated carbocycles. The first-order valence-electron chi connectivity index (χ1n) is 5.99. The van der Waals surface area contributed by atoms with Gasteiger partial charge in [-0.1, -0.05) is 17.7 Å². The van der Waals surface area contributed by atoms with Crippen molar-refractivity contribution in [3.8, 4) is 0 Å². The smallest absolute Gasteiger partial charge is 0.227 e. The first-order chi connectivity index (χ1) is 8.59. The van der Waals surface area contributed by atoms with Gasteiger partial charge < -0.3 is 10.2 Å². The molecule has 1 aromatic carbocycles. The molecule has 1 amide bonds. The molecule has 3 nitrogen and oxygen atoms in total.